The van der Waals surface area contributed by atoms with Gasteiger partial charge in [-0.3, -0.25) is 9.48 Å². The third kappa shape index (κ3) is 2.28. The predicted molar refractivity (Wildman–Crippen MR) is 67.2 cm³/mol. The van der Waals surface area contributed by atoms with E-state index in [-0.39, 0.29) is 5.78 Å². The Labute approximate surface area is 101 Å². The Bertz CT molecular complexity index is 538. The van der Waals surface area contributed by atoms with Crippen LogP contribution >= 0.6 is 0 Å². The molecule has 0 saturated heterocycles. The van der Waals surface area contributed by atoms with Crippen molar-refractivity contribution < 1.29 is 4.79 Å². The van der Waals surface area contributed by atoms with Crippen LogP contribution in [-0.2, 0) is 13.5 Å². The van der Waals surface area contributed by atoms with Crippen molar-refractivity contribution in [2.24, 2.45) is 7.05 Å². The number of hydrogen-bond donors (Lipinski definition) is 0. The fourth-order valence-electron chi connectivity index (χ4n) is 1.87. The molecule has 0 unspecified atom stereocenters. The molecule has 1 aromatic heterocycles. The van der Waals surface area contributed by atoms with Gasteiger partial charge in [-0.15, -0.1) is 0 Å². The number of carbonyl (C=O) groups excluding carboxylic acids is 1. The van der Waals surface area contributed by atoms with Gasteiger partial charge in [-0.2, -0.15) is 5.10 Å². The minimum absolute atomic E-state index is 0.0400. The van der Waals surface area contributed by atoms with Gasteiger partial charge in [0.05, 0.1) is 11.3 Å². The number of ketones is 1. The Balaban J connectivity index is 2.33. The van der Waals surface area contributed by atoms with Crippen LogP contribution in [0.4, 0.5) is 0 Å². The first-order chi connectivity index (χ1) is 8.11. The van der Waals surface area contributed by atoms with Crippen LogP contribution in [0.1, 0.15) is 34.1 Å². The monoisotopic (exact) mass is 228 g/mol. The van der Waals surface area contributed by atoms with E-state index in [0.717, 1.165) is 17.7 Å². The standard InChI is InChI=1S/C14H16N2O/c1-4-11-5-7-12(8-6-11)14(17)13-9-16(3)15-10(13)2/h5-9H,4H2,1-3H3. The second-order valence-electron chi connectivity index (χ2n) is 4.18. The van der Waals surface area contributed by atoms with Crippen LogP contribution in [0.25, 0.3) is 0 Å². The van der Waals surface area contributed by atoms with Crippen molar-refractivity contribution in [3.63, 3.8) is 0 Å². The molecule has 0 radical (unpaired) electrons. The fraction of sp³-hybridized carbons (Fsp3) is 0.286. The maximum atomic E-state index is 12.2. The molecule has 0 saturated carbocycles. The summed E-state index contributed by atoms with van der Waals surface area (Å²) in [6.07, 6.45) is 2.76. The van der Waals surface area contributed by atoms with E-state index in [2.05, 4.69) is 12.0 Å². The van der Waals surface area contributed by atoms with Gasteiger partial charge in [0.2, 0.25) is 0 Å². The van der Waals surface area contributed by atoms with Crippen molar-refractivity contribution in [3.8, 4) is 0 Å². The van der Waals surface area contributed by atoms with Gasteiger partial charge in [0.1, 0.15) is 0 Å². The topological polar surface area (TPSA) is 34.9 Å². The zero-order chi connectivity index (χ0) is 12.4. The number of carbonyl (C=O) groups is 1. The van der Waals surface area contributed by atoms with E-state index < -0.39 is 0 Å². The van der Waals surface area contributed by atoms with Crippen molar-refractivity contribution in [2.75, 3.05) is 0 Å². The molecule has 0 amide bonds. The third-order valence-corrected chi connectivity index (χ3v) is 2.88. The molecule has 1 heterocycles. The molecule has 1 aromatic carbocycles. The summed E-state index contributed by atoms with van der Waals surface area (Å²) in [4.78, 5) is 12.2. The highest BCUT2D eigenvalue weighted by Crippen LogP contribution is 2.13. The smallest absolute Gasteiger partial charge is 0.196 e. The molecule has 3 nitrogen and oxygen atoms in total. The van der Waals surface area contributed by atoms with Crippen LogP contribution in [0.3, 0.4) is 0 Å². The maximum Gasteiger partial charge on any atom is 0.196 e. The molecule has 2 rings (SSSR count). The molecule has 0 spiro atoms. The summed E-state index contributed by atoms with van der Waals surface area (Å²) >= 11 is 0. The fourth-order valence-corrected chi connectivity index (χ4v) is 1.87. The van der Waals surface area contributed by atoms with Gasteiger partial charge in [0.15, 0.2) is 5.78 Å². The van der Waals surface area contributed by atoms with Crippen LogP contribution in [0.2, 0.25) is 0 Å². The van der Waals surface area contributed by atoms with Gasteiger partial charge in [-0.1, -0.05) is 31.2 Å². The van der Waals surface area contributed by atoms with Crippen molar-refractivity contribution >= 4 is 5.78 Å². The largest absolute Gasteiger partial charge is 0.288 e. The molecule has 2 aromatic rings. The molecule has 0 N–H and O–H groups in total. The molecule has 17 heavy (non-hydrogen) atoms. The van der Waals surface area contributed by atoms with Crippen molar-refractivity contribution in [1.29, 1.82) is 0 Å². The quantitative estimate of drug-likeness (QED) is 0.757. The van der Waals surface area contributed by atoms with Crippen molar-refractivity contribution in [2.45, 2.75) is 20.3 Å². The zero-order valence-electron chi connectivity index (χ0n) is 10.4. The summed E-state index contributed by atoms with van der Waals surface area (Å²) in [7, 11) is 1.82. The first-order valence-electron chi connectivity index (χ1n) is 5.75. The normalized spacial score (nSPS) is 10.5. The average molecular weight is 228 g/mol. The summed E-state index contributed by atoms with van der Waals surface area (Å²) in [6.45, 7) is 3.95. The summed E-state index contributed by atoms with van der Waals surface area (Å²) in [6, 6.07) is 7.76. The molecule has 3 heteroatoms. The maximum absolute atomic E-state index is 12.2. The van der Waals surface area contributed by atoms with E-state index in [1.807, 2.05) is 38.2 Å². The van der Waals surface area contributed by atoms with E-state index in [9.17, 15) is 4.79 Å². The molecule has 0 aliphatic carbocycles. The second-order valence-corrected chi connectivity index (χ2v) is 4.18. The summed E-state index contributed by atoms with van der Waals surface area (Å²) < 4.78 is 1.67. The highest BCUT2D eigenvalue weighted by molar-refractivity contribution is 6.09. The molecule has 0 atom stereocenters. The molecule has 88 valence electrons. The lowest BCUT2D eigenvalue weighted by atomic mass is 10.0. The highest BCUT2D eigenvalue weighted by atomic mass is 16.1. The molecular weight excluding hydrogens is 212 g/mol. The SMILES string of the molecule is CCc1ccc(C(=O)c2cn(C)nc2C)cc1. The Hall–Kier alpha value is -1.90. The first kappa shape index (κ1) is 11.6. The predicted octanol–water partition coefficient (Wildman–Crippen LogP) is 2.52. The van der Waals surface area contributed by atoms with Gasteiger partial charge >= 0.3 is 0 Å². The second kappa shape index (κ2) is 4.53. The number of nitrogens with zero attached hydrogens (tertiary/aromatic N) is 2. The van der Waals surface area contributed by atoms with Crippen LogP contribution in [0.15, 0.2) is 30.5 Å². The lowest BCUT2D eigenvalue weighted by molar-refractivity contribution is 0.103. The van der Waals surface area contributed by atoms with Crippen LogP contribution in [-0.4, -0.2) is 15.6 Å². The van der Waals surface area contributed by atoms with Gasteiger partial charge in [-0.25, -0.2) is 0 Å². The Kier molecular flexibility index (Phi) is 3.09. The first-order valence-corrected chi connectivity index (χ1v) is 5.75. The number of hydrogen-bond acceptors (Lipinski definition) is 2. The highest BCUT2D eigenvalue weighted by Gasteiger charge is 2.14. The van der Waals surface area contributed by atoms with E-state index >= 15 is 0 Å². The van der Waals surface area contributed by atoms with Crippen LogP contribution in [0, 0.1) is 6.92 Å². The molecule has 0 aliphatic heterocycles. The number of benzene rings is 1. The number of aromatic nitrogens is 2. The zero-order valence-corrected chi connectivity index (χ0v) is 10.4. The minimum Gasteiger partial charge on any atom is -0.288 e. The lowest BCUT2D eigenvalue weighted by Gasteiger charge is -2.01. The molecule has 0 bridgehead atoms. The van der Waals surface area contributed by atoms with Gasteiger partial charge < -0.3 is 0 Å². The summed E-state index contributed by atoms with van der Waals surface area (Å²) in [5.74, 6) is 0.0400. The van der Waals surface area contributed by atoms with Gasteiger partial charge in [0, 0.05) is 18.8 Å². The minimum atomic E-state index is 0.0400. The Morgan fingerprint density at radius 1 is 1.29 bits per heavy atom. The van der Waals surface area contributed by atoms with Crippen molar-refractivity contribution in [1.82, 2.24) is 9.78 Å². The van der Waals surface area contributed by atoms with E-state index in [0.29, 0.717) is 5.56 Å². The molecule has 0 fully saturated rings. The van der Waals surface area contributed by atoms with Crippen molar-refractivity contribution in [3.05, 3.63) is 52.8 Å². The van der Waals surface area contributed by atoms with Gasteiger partial charge in [0.25, 0.3) is 0 Å². The van der Waals surface area contributed by atoms with Crippen LogP contribution < -0.4 is 0 Å². The Morgan fingerprint density at radius 3 is 2.41 bits per heavy atom. The number of rotatable bonds is 3. The lowest BCUT2D eigenvalue weighted by Crippen LogP contribution is -2.01. The molecule has 0 aliphatic rings. The van der Waals surface area contributed by atoms with Gasteiger partial charge in [-0.05, 0) is 18.9 Å². The van der Waals surface area contributed by atoms with E-state index in [1.165, 1.54) is 5.56 Å². The Morgan fingerprint density at radius 2 is 1.94 bits per heavy atom. The average Bonchev–Trinajstić information content (AvgIpc) is 2.68. The summed E-state index contributed by atoms with van der Waals surface area (Å²) in [5, 5.41) is 4.19. The number of aryl methyl sites for hydroxylation is 3. The third-order valence-electron chi connectivity index (χ3n) is 2.88. The summed E-state index contributed by atoms with van der Waals surface area (Å²) in [5.41, 5.74) is 3.41. The molecular formula is C14H16N2O. The van der Waals surface area contributed by atoms with E-state index in [4.69, 9.17) is 0 Å². The van der Waals surface area contributed by atoms with E-state index in [1.54, 1.807) is 10.9 Å². The van der Waals surface area contributed by atoms with Crippen LogP contribution in [0.5, 0.6) is 0 Å².